The molecule has 1 unspecified atom stereocenters. The van der Waals surface area contributed by atoms with Crippen LogP contribution in [0.4, 0.5) is 0 Å². The SMILES string of the molecule is COC1CCC2(CC1)Cc1ccc(CO)cc1C21NC(=S)N(C)C1=O. The molecule has 2 N–H and O–H groups in total. The van der Waals surface area contributed by atoms with Crippen LogP contribution in [-0.4, -0.2) is 41.3 Å². The number of nitrogens with one attached hydrogen (secondary N) is 1. The van der Waals surface area contributed by atoms with Crippen molar-refractivity contribution >= 4 is 23.2 Å². The van der Waals surface area contributed by atoms with Crippen LogP contribution >= 0.6 is 12.2 Å². The van der Waals surface area contributed by atoms with Gasteiger partial charge in [-0.15, -0.1) is 0 Å². The fourth-order valence-corrected chi connectivity index (χ4v) is 5.36. The molecule has 1 amide bonds. The highest BCUT2D eigenvalue weighted by atomic mass is 32.1. The standard InChI is InChI=1S/C19H24N2O3S/c1-21-16(23)19(20-17(21)25)15-9-12(11-22)3-4-13(15)10-18(19)7-5-14(24-2)6-8-18/h3-4,9,14,22H,5-8,10-11H2,1-2H3,(H,20,25). The van der Waals surface area contributed by atoms with E-state index in [-0.39, 0.29) is 24.0 Å². The average Bonchev–Trinajstić information content (AvgIpc) is 3.03. The summed E-state index contributed by atoms with van der Waals surface area (Å²) < 4.78 is 5.55. The van der Waals surface area contributed by atoms with Crippen LogP contribution in [0.25, 0.3) is 0 Å². The molecule has 2 fully saturated rings. The van der Waals surface area contributed by atoms with Crippen molar-refractivity contribution in [3.63, 3.8) is 0 Å². The predicted octanol–water partition coefficient (Wildman–Crippen LogP) is 1.85. The molecule has 4 rings (SSSR count). The van der Waals surface area contributed by atoms with Crippen molar-refractivity contribution in [3.8, 4) is 0 Å². The van der Waals surface area contributed by atoms with Gasteiger partial charge in [-0.25, -0.2) is 0 Å². The number of methoxy groups -OCH3 is 1. The van der Waals surface area contributed by atoms with Crippen LogP contribution in [0.1, 0.15) is 42.4 Å². The molecule has 6 heteroatoms. The van der Waals surface area contributed by atoms with Gasteiger partial charge in [0.15, 0.2) is 10.7 Å². The number of aliphatic hydroxyl groups is 1. The van der Waals surface area contributed by atoms with Crippen LogP contribution in [0.3, 0.4) is 0 Å². The molecule has 1 aromatic carbocycles. The number of ether oxygens (including phenoxy) is 1. The number of aliphatic hydroxyl groups excluding tert-OH is 1. The Morgan fingerprint density at radius 2 is 2.12 bits per heavy atom. The van der Waals surface area contributed by atoms with Crippen molar-refractivity contribution in [2.75, 3.05) is 14.2 Å². The molecule has 25 heavy (non-hydrogen) atoms. The van der Waals surface area contributed by atoms with Crippen molar-refractivity contribution in [2.45, 2.75) is 50.4 Å². The number of benzene rings is 1. The number of likely N-dealkylation sites (N-methyl/N-ethyl adjacent to an activating group) is 1. The van der Waals surface area contributed by atoms with E-state index in [0.717, 1.165) is 43.2 Å². The van der Waals surface area contributed by atoms with E-state index in [4.69, 9.17) is 17.0 Å². The maximum absolute atomic E-state index is 13.4. The number of thiocarbonyl (C=S) groups is 1. The molecular weight excluding hydrogens is 336 g/mol. The summed E-state index contributed by atoms with van der Waals surface area (Å²) >= 11 is 5.44. The number of nitrogens with zero attached hydrogens (tertiary/aromatic N) is 1. The number of carbonyl (C=O) groups excluding carboxylic acids is 1. The summed E-state index contributed by atoms with van der Waals surface area (Å²) in [6.45, 7) is -0.0312. The highest BCUT2D eigenvalue weighted by Crippen LogP contribution is 2.59. The van der Waals surface area contributed by atoms with Gasteiger partial charge in [0, 0.05) is 19.6 Å². The third-order valence-corrected chi connectivity index (χ3v) is 6.91. The predicted molar refractivity (Wildman–Crippen MR) is 97.9 cm³/mol. The molecule has 3 aliphatic rings. The van der Waals surface area contributed by atoms with Crippen LogP contribution < -0.4 is 5.32 Å². The van der Waals surface area contributed by atoms with E-state index in [9.17, 15) is 9.90 Å². The van der Waals surface area contributed by atoms with Gasteiger partial charge >= 0.3 is 0 Å². The molecule has 134 valence electrons. The zero-order chi connectivity index (χ0) is 17.8. The van der Waals surface area contributed by atoms with E-state index in [1.165, 1.54) is 5.56 Å². The Hall–Kier alpha value is -1.50. The topological polar surface area (TPSA) is 61.8 Å². The summed E-state index contributed by atoms with van der Waals surface area (Å²) in [4.78, 5) is 15.0. The molecule has 0 radical (unpaired) electrons. The van der Waals surface area contributed by atoms with Gasteiger partial charge in [-0.05, 0) is 61.0 Å². The average molecular weight is 360 g/mol. The number of hydrogen-bond donors (Lipinski definition) is 2. The second-order valence-electron chi connectivity index (χ2n) is 7.59. The lowest BCUT2D eigenvalue weighted by Crippen LogP contribution is -2.56. The van der Waals surface area contributed by atoms with Crippen LogP contribution in [-0.2, 0) is 28.1 Å². The zero-order valence-corrected chi connectivity index (χ0v) is 15.5. The molecule has 2 aliphatic carbocycles. The van der Waals surface area contributed by atoms with Gasteiger partial charge in [-0.2, -0.15) is 0 Å². The van der Waals surface area contributed by atoms with E-state index in [2.05, 4.69) is 11.4 Å². The molecule has 1 aliphatic heterocycles. The summed E-state index contributed by atoms with van der Waals surface area (Å²) in [5.74, 6) is 0.0298. The van der Waals surface area contributed by atoms with Crippen molar-refractivity contribution in [1.29, 1.82) is 0 Å². The Morgan fingerprint density at radius 3 is 2.68 bits per heavy atom. The maximum Gasteiger partial charge on any atom is 0.259 e. The van der Waals surface area contributed by atoms with E-state index < -0.39 is 5.54 Å². The quantitative estimate of drug-likeness (QED) is 0.788. The highest BCUT2D eigenvalue weighted by molar-refractivity contribution is 7.80. The number of fused-ring (bicyclic) bond motifs is 3. The van der Waals surface area contributed by atoms with Crippen LogP contribution in [0.15, 0.2) is 18.2 Å². The monoisotopic (exact) mass is 360 g/mol. The Morgan fingerprint density at radius 1 is 1.40 bits per heavy atom. The summed E-state index contributed by atoms with van der Waals surface area (Å²) in [7, 11) is 3.51. The minimum atomic E-state index is -0.807. The first kappa shape index (κ1) is 16.9. The van der Waals surface area contributed by atoms with E-state index in [0.29, 0.717) is 5.11 Å². The molecule has 1 heterocycles. The summed E-state index contributed by atoms with van der Waals surface area (Å²) in [6.07, 6.45) is 4.86. The molecule has 0 aromatic heterocycles. The lowest BCUT2D eigenvalue weighted by atomic mass is 9.61. The summed E-state index contributed by atoms with van der Waals surface area (Å²) in [6, 6.07) is 6.00. The Labute approximate surface area is 153 Å². The van der Waals surface area contributed by atoms with Gasteiger partial charge in [0.2, 0.25) is 0 Å². The van der Waals surface area contributed by atoms with Crippen molar-refractivity contribution in [3.05, 3.63) is 34.9 Å². The lowest BCUT2D eigenvalue weighted by molar-refractivity contribution is -0.137. The summed E-state index contributed by atoms with van der Waals surface area (Å²) in [5.41, 5.74) is 2.01. The highest BCUT2D eigenvalue weighted by Gasteiger charge is 2.66. The lowest BCUT2D eigenvalue weighted by Gasteiger charge is -2.46. The first-order valence-electron chi connectivity index (χ1n) is 8.84. The largest absolute Gasteiger partial charge is 0.392 e. The fourth-order valence-electron chi connectivity index (χ4n) is 5.12. The van der Waals surface area contributed by atoms with Gasteiger partial charge in [-0.1, -0.05) is 18.2 Å². The number of hydrogen-bond acceptors (Lipinski definition) is 4. The molecule has 0 bridgehead atoms. The summed E-state index contributed by atoms with van der Waals surface area (Å²) in [5, 5.41) is 13.5. The van der Waals surface area contributed by atoms with Gasteiger partial charge in [0.1, 0.15) is 0 Å². The van der Waals surface area contributed by atoms with E-state index in [1.54, 1.807) is 19.1 Å². The number of carbonyl (C=O) groups is 1. The van der Waals surface area contributed by atoms with Gasteiger partial charge < -0.3 is 15.2 Å². The third-order valence-electron chi connectivity index (χ3n) is 6.53. The smallest absolute Gasteiger partial charge is 0.259 e. The van der Waals surface area contributed by atoms with Crippen molar-refractivity contribution < 1.29 is 14.6 Å². The number of amides is 1. The fraction of sp³-hybridized carbons (Fsp3) is 0.579. The second kappa shape index (κ2) is 5.76. The molecule has 2 spiro atoms. The second-order valence-corrected chi connectivity index (χ2v) is 7.97. The first-order chi connectivity index (χ1) is 12.0. The zero-order valence-electron chi connectivity index (χ0n) is 14.7. The third kappa shape index (κ3) is 2.14. The van der Waals surface area contributed by atoms with Crippen LogP contribution in [0.2, 0.25) is 0 Å². The van der Waals surface area contributed by atoms with E-state index in [1.807, 2.05) is 12.1 Å². The maximum atomic E-state index is 13.4. The van der Waals surface area contributed by atoms with Crippen molar-refractivity contribution in [2.24, 2.45) is 5.41 Å². The van der Waals surface area contributed by atoms with Crippen LogP contribution in [0, 0.1) is 5.41 Å². The van der Waals surface area contributed by atoms with Gasteiger partial charge in [-0.3, -0.25) is 9.69 Å². The molecule has 1 atom stereocenters. The first-order valence-corrected chi connectivity index (χ1v) is 9.24. The van der Waals surface area contributed by atoms with E-state index >= 15 is 0 Å². The van der Waals surface area contributed by atoms with Gasteiger partial charge in [0.25, 0.3) is 5.91 Å². The normalized spacial score (nSPS) is 34.0. The Balaban J connectivity index is 1.86. The number of rotatable bonds is 2. The minimum Gasteiger partial charge on any atom is -0.392 e. The Kier molecular flexibility index (Phi) is 3.90. The van der Waals surface area contributed by atoms with Gasteiger partial charge in [0.05, 0.1) is 12.7 Å². The molecule has 1 saturated heterocycles. The van der Waals surface area contributed by atoms with Crippen molar-refractivity contribution in [1.82, 2.24) is 10.2 Å². The Bertz CT molecular complexity index is 742. The molecule has 1 aromatic rings. The molecular formula is C19H24N2O3S. The molecule has 1 saturated carbocycles. The van der Waals surface area contributed by atoms with Crippen LogP contribution in [0.5, 0.6) is 0 Å². The minimum absolute atomic E-state index is 0.0298. The molecule has 5 nitrogen and oxygen atoms in total.